The van der Waals surface area contributed by atoms with Gasteiger partial charge in [-0.15, -0.1) is 0 Å². The fourth-order valence-electron chi connectivity index (χ4n) is 1.29. The quantitative estimate of drug-likeness (QED) is 0.793. The summed E-state index contributed by atoms with van der Waals surface area (Å²) in [4.78, 5) is 14.0. The Hall–Kier alpha value is -1.78. The van der Waals surface area contributed by atoms with Crippen LogP contribution in [0.2, 0.25) is 0 Å². The third-order valence-electron chi connectivity index (χ3n) is 1.99. The van der Waals surface area contributed by atoms with Crippen LogP contribution in [0.25, 0.3) is 11.1 Å². The first-order valence-corrected chi connectivity index (χ1v) is 4.65. The Bertz CT molecular complexity index is 486. The number of hydrogen-bond acceptors (Lipinski definition) is 3. The molecule has 1 N–H and O–H groups in total. The summed E-state index contributed by atoms with van der Waals surface area (Å²) in [5.41, 5.74) is 0.326. The molecule has 0 bridgehead atoms. The molecule has 15 heavy (non-hydrogen) atoms. The highest BCUT2D eigenvalue weighted by molar-refractivity contribution is 5.93. The van der Waals surface area contributed by atoms with Crippen LogP contribution in [0.1, 0.15) is 23.8 Å². The zero-order valence-corrected chi connectivity index (χ0v) is 8.17. The number of halogens is 1. The molecule has 0 aromatic carbocycles. The van der Waals surface area contributed by atoms with Gasteiger partial charge >= 0.3 is 5.97 Å². The number of fused-ring (bicyclic) bond motifs is 1. The number of H-pyrrole nitrogens is 1. The second kappa shape index (κ2) is 3.76. The normalized spacial score (nSPS) is 10.8. The summed E-state index contributed by atoms with van der Waals surface area (Å²) in [6.07, 6.45) is 2.05. The second-order valence-corrected chi connectivity index (χ2v) is 3.11. The molecule has 2 aromatic rings. The summed E-state index contributed by atoms with van der Waals surface area (Å²) in [5.74, 6) is -1.39. The number of carbonyl (C=O) groups is 1. The number of nitrogens with one attached hydrogen (secondary N) is 1. The third-order valence-corrected chi connectivity index (χ3v) is 1.99. The van der Waals surface area contributed by atoms with Crippen LogP contribution in [0, 0.1) is 5.82 Å². The molecule has 0 aliphatic heterocycles. The van der Waals surface area contributed by atoms with Crippen molar-refractivity contribution < 1.29 is 18.3 Å². The van der Waals surface area contributed by atoms with Gasteiger partial charge in [0.1, 0.15) is 0 Å². The highest BCUT2D eigenvalue weighted by Crippen LogP contribution is 2.22. The van der Waals surface area contributed by atoms with Crippen LogP contribution in [0.5, 0.6) is 0 Å². The maximum absolute atomic E-state index is 13.5. The topological polar surface area (TPSA) is 55.2 Å². The standard InChI is InChI=1S/C10H10FNO3/c1-2-4-15-10(13)8-7(11)9-6(12-8)3-5-14-9/h3,5,12H,2,4H2,1H3. The predicted octanol–water partition coefficient (Wildman–Crippen LogP) is 2.47. The van der Waals surface area contributed by atoms with Crippen LogP contribution in [0.15, 0.2) is 16.7 Å². The van der Waals surface area contributed by atoms with Gasteiger partial charge in [0, 0.05) is 6.07 Å². The Morgan fingerprint density at radius 2 is 2.47 bits per heavy atom. The average Bonchev–Trinajstić information content (AvgIpc) is 2.78. The van der Waals surface area contributed by atoms with Crippen molar-refractivity contribution in [1.29, 1.82) is 0 Å². The van der Waals surface area contributed by atoms with Crippen molar-refractivity contribution in [2.75, 3.05) is 6.61 Å². The lowest BCUT2D eigenvalue weighted by atomic mass is 10.4. The molecular weight excluding hydrogens is 201 g/mol. The van der Waals surface area contributed by atoms with Crippen LogP contribution in [-0.4, -0.2) is 17.6 Å². The Kier molecular flexibility index (Phi) is 2.45. The van der Waals surface area contributed by atoms with Gasteiger partial charge in [0.2, 0.25) is 0 Å². The van der Waals surface area contributed by atoms with Crippen LogP contribution in [0.3, 0.4) is 0 Å². The molecule has 2 heterocycles. The van der Waals surface area contributed by atoms with E-state index in [9.17, 15) is 9.18 Å². The van der Waals surface area contributed by atoms with E-state index in [4.69, 9.17) is 9.15 Å². The smallest absolute Gasteiger partial charge is 0.357 e. The van der Waals surface area contributed by atoms with E-state index in [-0.39, 0.29) is 17.9 Å². The largest absolute Gasteiger partial charge is 0.461 e. The van der Waals surface area contributed by atoms with Crippen molar-refractivity contribution >= 4 is 17.1 Å². The second-order valence-electron chi connectivity index (χ2n) is 3.11. The van der Waals surface area contributed by atoms with E-state index in [2.05, 4.69) is 4.98 Å². The third kappa shape index (κ3) is 1.60. The Morgan fingerprint density at radius 1 is 1.67 bits per heavy atom. The van der Waals surface area contributed by atoms with E-state index in [1.165, 1.54) is 6.26 Å². The van der Waals surface area contributed by atoms with E-state index < -0.39 is 11.8 Å². The van der Waals surface area contributed by atoms with Crippen molar-refractivity contribution in [2.24, 2.45) is 0 Å². The van der Waals surface area contributed by atoms with Gasteiger partial charge in [0.15, 0.2) is 17.1 Å². The van der Waals surface area contributed by atoms with Crippen LogP contribution >= 0.6 is 0 Å². The Morgan fingerprint density at radius 3 is 3.13 bits per heavy atom. The van der Waals surface area contributed by atoms with Gasteiger partial charge in [-0.3, -0.25) is 0 Å². The molecule has 4 nitrogen and oxygen atoms in total. The first kappa shape index (κ1) is 9.76. The lowest BCUT2D eigenvalue weighted by molar-refractivity contribution is 0.0494. The molecular formula is C10H10FNO3. The van der Waals surface area contributed by atoms with Gasteiger partial charge in [0.05, 0.1) is 18.4 Å². The van der Waals surface area contributed by atoms with E-state index in [1.807, 2.05) is 6.92 Å². The van der Waals surface area contributed by atoms with E-state index >= 15 is 0 Å². The molecule has 0 amide bonds. The SMILES string of the molecule is CCCOC(=O)c1[nH]c2ccoc2c1F. The van der Waals surface area contributed by atoms with Gasteiger partial charge in [-0.1, -0.05) is 6.92 Å². The summed E-state index contributed by atoms with van der Waals surface area (Å²) in [6.45, 7) is 2.14. The van der Waals surface area contributed by atoms with Crippen LogP contribution in [-0.2, 0) is 4.74 Å². The number of rotatable bonds is 3. The summed E-state index contributed by atoms with van der Waals surface area (Å²) < 4.78 is 23.2. The van der Waals surface area contributed by atoms with Gasteiger partial charge in [-0.05, 0) is 6.42 Å². The van der Waals surface area contributed by atoms with E-state index in [1.54, 1.807) is 6.07 Å². The highest BCUT2D eigenvalue weighted by Gasteiger charge is 2.20. The number of furan rings is 1. The molecule has 0 radical (unpaired) electrons. The Balaban J connectivity index is 2.31. The molecule has 0 atom stereocenters. The minimum absolute atomic E-state index is 0.0541. The van der Waals surface area contributed by atoms with Crippen molar-refractivity contribution in [2.45, 2.75) is 13.3 Å². The molecule has 80 valence electrons. The molecule has 0 spiro atoms. The number of aromatic nitrogens is 1. The molecule has 0 aliphatic carbocycles. The fourth-order valence-corrected chi connectivity index (χ4v) is 1.29. The zero-order chi connectivity index (χ0) is 10.8. The molecule has 0 saturated heterocycles. The summed E-state index contributed by atoms with van der Waals surface area (Å²) >= 11 is 0. The van der Waals surface area contributed by atoms with Crippen LogP contribution in [0.4, 0.5) is 4.39 Å². The maximum atomic E-state index is 13.5. The first-order chi connectivity index (χ1) is 7.24. The van der Waals surface area contributed by atoms with Gasteiger partial charge in [-0.2, -0.15) is 0 Å². The minimum atomic E-state index is -0.698. The number of ether oxygens (including phenoxy) is 1. The predicted molar refractivity (Wildman–Crippen MR) is 51.1 cm³/mol. The van der Waals surface area contributed by atoms with Gasteiger partial charge < -0.3 is 14.1 Å². The average molecular weight is 211 g/mol. The van der Waals surface area contributed by atoms with Crippen molar-refractivity contribution in [1.82, 2.24) is 4.98 Å². The van der Waals surface area contributed by atoms with Crippen LogP contribution < -0.4 is 0 Å². The number of hydrogen-bond donors (Lipinski definition) is 1. The monoisotopic (exact) mass is 211 g/mol. The lowest BCUT2D eigenvalue weighted by Gasteiger charge is -1.99. The zero-order valence-electron chi connectivity index (χ0n) is 8.17. The first-order valence-electron chi connectivity index (χ1n) is 4.65. The summed E-state index contributed by atoms with van der Waals surface area (Å²) in [7, 11) is 0. The molecule has 2 rings (SSSR count). The van der Waals surface area contributed by atoms with E-state index in [0.717, 1.165) is 0 Å². The molecule has 0 aliphatic rings. The fraction of sp³-hybridized carbons (Fsp3) is 0.300. The summed E-state index contributed by atoms with van der Waals surface area (Å²) in [5, 5.41) is 0. The molecule has 5 heteroatoms. The highest BCUT2D eigenvalue weighted by atomic mass is 19.1. The summed E-state index contributed by atoms with van der Waals surface area (Å²) in [6, 6.07) is 1.55. The van der Waals surface area contributed by atoms with Crippen molar-refractivity contribution in [3.8, 4) is 0 Å². The van der Waals surface area contributed by atoms with Crippen molar-refractivity contribution in [3.05, 3.63) is 23.8 Å². The number of carbonyl (C=O) groups excluding carboxylic acids is 1. The van der Waals surface area contributed by atoms with Gasteiger partial charge in [0.25, 0.3) is 0 Å². The molecule has 2 aromatic heterocycles. The minimum Gasteiger partial charge on any atom is -0.461 e. The Labute approximate surface area is 85.0 Å². The molecule has 0 fully saturated rings. The number of aromatic amines is 1. The maximum Gasteiger partial charge on any atom is 0.357 e. The lowest BCUT2D eigenvalue weighted by Crippen LogP contribution is -2.08. The molecule has 0 saturated carbocycles. The molecule has 0 unspecified atom stereocenters. The number of esters is 1. The van der Waals surface area contributed by atoms with E-state index in [0.29, 0.717) is 11.9 Å². The van der Waals surface area contributed by atoms with Gasteiger partial charge in [-0.25, -0.2) is 9.18 Å². The van der Waals surface area contributed by atoms with Crippen molar-refractivity contribution in [3.63, 3.8) is 0 Å².